The molecule has 0 radical (unpaired) electrons. The molecule has 0 unspecified atom stereocenters. The fourth-order valence-electron chi connectivity index (χ4n) is 2.07. The second-order valence-corrected chi connectivity index (χ2v) is 4.13. The van der Waals surface area contributed by atoms with Crippen molar-refractivity contribution in [1.29, 1.82) is 0 Å². The summed E-state index contributed by atoms with van der Waals surface area (Å²) in [5.74, 6) is 0.861. The van der Waals surface area contributed by atoms with E-state index in [0.717, 1.165) is 5.92 Å². The van der Waals surface area contributed by atoms with Gasteiger partial charge in [-0.3, -0.25) is 0 Å². The second-order valence-electron chi connectivity index (χ2n) is 4.13. The summed E-state index contributed by atoms with van der Waals surface area (Å²) in [5, 5.41) is 0. The van der Waals surface area contributed by atoms with Crippen molar-refractivity contribution in [2.75, 3.05) is 18.0 Å². The Balaban J connectivity index is 2.21. The quantitative estimate of drug-likeness (QED) is 0.634. The maximum atomic E-state index is 2.50. The fraction of sp³-hybridized carbons (Fsp3) is 0.500. The molecule has 0 aromatic heterocycles. The van der Waals surface area contributed by atoms with Crippen LogP contribution in [0.3, 0.4) is 0 Å². The van der Waals surface area contributed by atoms with Crippen molar-refractivity contribution < 1.29 is 0 Å². The molecule has 0 N–H and O–H groups in total. The molecule has 1 aliphatic rings. The number of nitrogens with zero attached hydrogens (tertiary/aromatic N) is 1. The van der Waals surface area contributed by atoms with E-state index in [-0.39, 0.29) is 0 Å². The number of aryl methyl sites for hydroxylation is 1. The molecule has 1 heterocycles. The minimum Gasteiger partial charge on any atom is -0.371 e. The van der Waals surface area contributed by atoms with Gasteiger partial charge in [-0.2, -0.15) is 0 Å². The van der Waals surface area contributed by atoms with E-state index in [2.05, 4.69) is 43.0 Å². The van der Waals surface area contributed by atoms with Crippen LogP contribution in [0, 0.1) is 12.8 Å². The first kappa shape index (κ1) is 8.61. The Bertz CT molecular complexity index is 293. The van der Waals surface area contributed by atoms with Gasteiger partial charge in [-0.05, 0) is 30.9 Å². The number of hydrogen-bond acceptors (Lipinski definition) is 1. The van der Waals surface area contributed by atoms with Gasteiger partial charge in [0.25, 0.3) is 0 Å². The van der Waals surface area contributed by atoms with Crippen LogP contribution in [0.4, 0.5) is 5.69 Å². The molecular formula is C12H17N. The highest BCUT2D eigenvalue weighted by Gasteiger charge is 2.19. The lowest BCUT2D eigenvalue weighted by Gasteiger charge is -2.20. The molecule has 0 amide bonds. The van der Waals surface area contributed by atoms with Gasteiger partial charge in [0, 0.05) is 18.8 Å². The summed E-state index contributed by atoms with van der Waals surface area (Å²) in [6.45, 7) is 6.98. The third-order valence-corrected chi connectivity index (χ3v) is 2.88. The van der Waals surface area contributed by atoms with Crippen LogP contribution in [0.25, 0.3) is 0 Å². The Hall–Kier alpha value is -0.980. The van der Waals surface area contributed by atoms with Gasteiger partial charge >= 0.3 is 0 Å². The predicted octanol–water partition coefficient (Wildman–Crippen LogP) is 2.84. The van der Waals surface area contributed by atoms with Gasteiger partial charge in [-0.15, -0.1) is 0 Å². The van der Waals surface area contributed by atoms with Gasteiger partial charge in [0.05, 0.1) is 0 Å². The average Bonchev–Trinajstić information content (AvgIpc) is 2.53. The van der Waals surface area contributed by atoms with E-state index in [0.29, 0.717) is 0 Å². The Morgan fingerprint density at radius 3 is 2.69 bits per heavy atom. The molecule has 0 aliphatic carbocycles. The van der Waals surface area contributed by atoms with Crippen LogP contribution in [0.1, 0.15) is 18.9 Å². The zero-order valence-corrected chi connectivity index (χ0v) is 8.46. The van der Waals surface area contributed by atoms with Crippen molar-refractivity contribution in [2.24, 2.45) is 5.92 Å². The molecule has 13 heavy (non-hydrogen) atoms. The first-order chi connectivity index (χ1) is 6.27. The molecule has 0 bridgehead atoms. The van der Waals surface area contributed by atoms with Gasteiger partial charge in [0.2, 0.25) is 0 Å². The van der Waals surface area contributed by atoms with Crippen LogP contribution < -0.4 is 4.90 Å². The summed E-state index contributed by atoms with van der Waals surface area (Å²) in [4.78, 5) is 2.50. The number of benzene rings is 1. The number of hydrogen-bond donors (Lipinski definition) is 0. The number of para-hydroxylation sites is 1. The molecule has 1 nitrogen and oxygen atoms in total. The summed E-state index contributed by atoms with van der Waals surface area (Å²) >= 11 is 0. The minimum absolute atomic E-state index is 0.861. The van der Waals surface area contributed by atoms with Crippen molar-refractivity contribution in [3.8, 4) is 0 Å². The summed E-state index contributed by atoms with van der Waals surface area (Å²) in [6.07, 6.45) is 1.34. The van der Waals surface area contributed by atoms with Crippen LogP contribution >= 0.6 is 0 Å². The highest BCUT2D eigenvalue weighted by atomic mass is 15.1. The Labute approximate surface area is 80.4 Å². The molecule has 1 fully saturated rings. The van der Waals surface area contributed by atoms with Crippen molar-refractivity contribution in [3.63, 3.8) is 0 Å². The highest BCUT2D eigenvalue weighted by Crippen LogP contribution is 2.25. The molecule has 1 aromatic carbocycles. The van der Waals surface area contributed by atoms with E-state index in [1.807, 2.05) is 0 Å². The van der Waals surface area contributed by atoms with E-state index in [9.17, 15) is 0 Å². The summed E-state index contributed by atoms with van der Waals surface area (Å²) in [5.41, 5.74) is 2.82. The topological polar surface area (TPSA) is 3.24 Å². The Kier molecular flexibility index (Phi) is 2.26. The summed E-state index contributed by atoms with van der Waals surface area (Å²) < 4.78 is 0. The molecular weight excluding hydrogens is 158 g/mol. The average molecular weight is 175 g/mol. The molecule has 1 atom stereocenters. The van der Waals surface area contributed by atoms with E-state index < -0.39 is 0 Å². The number of anilines is 1. The van der Waals surface area contributed by atoms with Gasteiger partial charge in [0.1, 0.15) is 0 Å². The molecule has 1 heteroatoms. The minimum atomic E-state index is 0.861. The normalized spacial score (nSPS) is 22.3. The van der Waals surface area contributed by atoms with Crippen LogP contribution in [-0.2, 0) is 0 Å². The van der Waals surface area contributed by atoms with Gasteiger partial charge < -0.3 is 4.90 Å². The lowest BCUT2D eigenvalue weighted by molar-refractivity contribution is 0.659. The van der Waals surface area contributed by atoms with Gasteiger partial charge in [0.15, 0.2) is 0 Å². The smallest absolute Gasteiger partial charge is 0.0395 e. The van der Waals surface area contributed by atoms with Gasteiger partial charge in [-0.1, -0.05) is 25.1 Å². The molecule has 0 spiro atoms. The molecule has 1 aliphatic heterocycles. The van der Waals surface area contributed by atoms with E-state index in [4.69, 9.17) is 0 Å². The fourth-order valence-corrected chi connectivity index (χ4v) is 2.07. The van der Waals surface area contributed by atoms with Crippen molar-refractivity contribution in [1.82, 2.24) is 0 Å². The Morgan fingerprint density at radius 2 is 2.08 bits per heavy atom. The first-order valence-corrected chi connectivity index (χ1v) is 5.08. The predicted molar refractivity (Wildman–Crippen MR) is 57.2 cm³/mol. The van der Waals surface area contributed by atoms with Crippen molar-refractivity contribution >= 4 is 5.69 Å². The molecule has 1 saturated heterocycles. The second kappa shape index (κ2) is 3.41. The van der Waals surface area contributed by atoms with Crippen molar-refractivity contribution in [3.05, 3.63) is 29.8 Å². The van der Waals surface area contributed by atoms with E-state index >= 15 is 0 Å². The SMILES string of the molecule is Cc1ccccc1N1CC[C@@H](C)C1. The first-order valence-electron chi connectivity index (χ1n) is 5.08. The number of rotatable bonds is 1. The summed E-state index contributed by atoms with van der Waals surface area (Å²) in [6, 6.07) is 8.66. The molecule has 1 aromatic rings. The zero-order valence-electron chi connectivity index (χ0n) is 8.46. The largest absolute Gasteiger partial charge is 0.371 e. The maximum Gasteiger partial charge on any atom is 0.0395 e. The highest BCUT2D eigenvalue weighted by molar-refractivity contribution is 5.53. The third-order valence-electron chi connectivity index (χ3n) is 2.88. The summed E-state index contributed by atoms with van der Waals surface area (Å²) in [7, 11) is 0. The lowest BCUT2D eigenvalue weighted by atomic mass is 10.1. The monoisotopic (exact) mass is 175 g/mol. The van der Waals surface area contributed by atoms with Crippen LogP contribution in [-0.4, -0.2) is 13.1 Å². The molecule has 70 valence electrons. The molecule has 0 saturated carbocycles. The van der Waals surface area contributed by atoms with Crippen molar-refractivity contribution in [2.45, 2.75) is 20.3 Å². The van der Waals surface area contributed by atoms with Crippen LogP contribution in [0.15, 0.2) is 24.3 Å². The Morgan fingerprint density at radius 1 is 1.31 bits per heavy atom. The van der Waals surface area contributed by atoms with E-state index in [1.165, 1.54) is 30.8 Å². The van der Waals surface area contributed by atoms with Crippen LogP contribution in [0.2, 0.25) is 0 Å². The lowest BCUT2D eigenvalue weighted by Crippen LogP contribution is -2.19. The molecule has 2 rings (SSSR count). The van der Waals surface area contributed by atoms with E-state index in [1.54, 1.807) is 0 Å². The maximum absolute atomic E-state index is 2.50. The zero-order chi connectivity index (χ0) is 9.26. The standard InChI is InChI=1S/C12H17N/c1-10-7-8-13(9-10)12-6-4-3-5-11(12)2/h3-6,10H,7-9H2,1-2H3/t10-/m1/s1. The van der Waals surface area contributed by atoms with Gasteiger partial charge in [-0.25, -0.2) is 0 Å². The van der Waals surface area contributed by atoms with Crippen LogP contribution in [0.5, 0.6) is 0 Å². The third kappa shape index (κ3) is 1.69.